The van der Waals surface area contributed by atoms with E-state index < -0.39 is 5.97 Å². The van der Waals surface area contributed by atoms with E-state index in [0.29, 0.717) is 5.56 Å². The number of halogens is 1. The van der Waals surface area contributed by atoms with Gasteiger partial charge in [0.15, 0.2) is 0 Å². The molecule has 1 aromatic rings. The first-order chi connectivity index (χ1) is 8.56. The van der Waals surface area contributed by atoms with Crippen molar-refractivity contribution >= 4 is 29.7 Å². The van der Waals surface area contributed by atoms with Crippen molar-refractivity contribution in [2.45, 2.75) is 6.92 Å². The van der Waals surface area contributed by atoms with E-state index in [2.05, 4.69) is 10.2 Å². The van der Waals surface area contributed by atoms with Crippen molar-refractivity contribution < 1.29 is 9.53 Å². The van der Waals surface area contributed by atoms with Gasteiger partial charge in [-0.1, -0.05) is 23.7 Å². The first kappa shape index (κ1) is 14.0. The first-order valence-corrected chi connectivity index (χ1v) is 5.51. The number of nitrogens with zero attached hydrogens (tertiary/aromatic N) is 2. The van der Waals surface area contributed by atoms with E-state index in [4.69, 9.17) is 27.8 Å². The van der Waals surface area contributed by atoms with Crippen molar-refractivity contribution in [2.75, 3.05) is 6.61 Å². The highest BCUT2D eigenvalue weighted by Gasteiger charge is 2.15. The number of benzene rings is 1. The summed E-state index contributed by atoms with van der Waals surface area (Å²) in [4.78, 5) is 11.7. The summed E-state index contributed by atoms with van der Waals surface area (Å²) in [7, 11) is 0. The number of esters is 1. The third kappa shape index (κ3) is 3.74. The lowest BCUT2D eigenvalue weighted by Gasteiger charge is -2.06. The standard InChI is InChI=1S/C11H13ClN4O2/c1-2-18-10(17)9-7(4-3-5-8(9)12)6-15-16-11(13)14/h3-6H,2H2,1H3,(H4,13,14,16). The van der Waals surface area contributed by atoms with E-state index in [1.165, 1.54) is 6.21 Å². The van der Waals surface area contributed by atoms with E-state index in [-0.39, 0.29) is 23.2 Å². The second-order valence-corrected chi connectivity index (χ2v) is 3.60. The number of carbonyl (C=O) groups is 1. The molecule has 0 aliphatic rings. The number of hydrogen-bond donors (Lipinski definition) is 2. The maximum absolute atomic E-state index is 11.7. The molecule has 0 aliphatic heterocycles. The van der Waals surface area contributed by atoms with E-state index in [1.807, 2.05) is 0 Å². The number of nitrogens with two attached hydrogens (primary N) is 2. The van der Waals surface area contributed by atoms with E-state index in [0.717, 1.165) is 0 Å². The lowest BCUT2D eigenvalue weighted by atomic mass is 10.1. The molecule has 1 rings (SSSR count). The Labute approximate surface area is 109 Å². The topological polar surface area (TPSA) is 103 Å². The maximum atomic E-state index is 11.7. The average Bonchev–Trinajstić information content (AvgIpc) is 2.28. The van der Waals surface area contributed by atoms with Gasteiger partial charge in [-0.25, -0.2) is 4.79 Å². The molecular formula is C11H13ClN4O2. The molecule has 18 heavy (non-hydrogen) atoms. The number of ether oxygens (including phenoxy) is 1. The molecule has 0 saturated heterocycles. The summed E-state index contributed by atoms with van der Waals surface area (Å²) in [6.45, 7) is 1.97. The summed E-state index contributed by atoms with van der Waals surface area (Å²) in [5.41, 5.74) is 11.0. The molecule has 0 radical (unpaired) electrons. The highest BCUT2D eigenvalue weighted by molar-refractivity contribution is 6.34. The summed E-state index contributed by atoms with van der Waals surface area (Å²) in [6.07, 6.45) is 1.33. The Morgan fingerprint density at radius 3 is 2.83 bits per heavy atom. The zero-order valence-corrected chi connectivity index (χ0v) is 10.5. The van der Waals surface area contributed by atoms with Crippen LogP contribution in [-0.2, 0) is 4.74 Å². The van der Waals surface area contributed by atoms with Gasteiger partial charge in [-0.15, -0.1) is 5.10 Å². The minimum atomic E-state index is -0.519. The molecule has 0 bridgehead atoms. The van der Waals surface area contributed by atoms with E-state index in [9.17, 15) is 4.79 Å². The lowest BCUT2D eigenvalue weighted by Crippen LogP contribution is -2.21. The van der Waals surface area contributed by atoms with Crippen molar-refractivity contribution in [1.29, 1.82) is 0 Å². The molecular weight excluding hydrogens is 256 g/mol. The number of rotatable bonds is 4. The number of carbonyl (C=O) groups excluding carboxylic acids is 1. The first-order valence-electron chi connectivity index (χ1n) is 5.13. The number of guanidine groups is 1. The smallest absolute Gasteiger partial charge is 0.340 e. The molecule has 0 unspecified atom stereocenters. The Morgan fingerprint density at radius 2 is 2.22 bits per heavy atom. The number of hydrogen-bond acceptors (Lipinski definition) is 4. The Hall–Kier alpha value is -2.08. The van der Waals surface area contributed by atoms with Crippen molar-refractivity contribution in [3.63, 3.8) is 0 Å². The largest absolute Gasteiger partial charge is 0.462 e. The highest BCUT2D eigenvalue weighted by Crippen LogP contribution is 2.20. The van der Waals surface area contributed by atoms with Gasteiger partial charge in [0.25, 0.3) is 0 Å². The van der Waals surface area contributed by atoms with E-state index in [1.54, 1.807) is 25.1 Å². The Morgan fingerprint density at radius 1 is 1.50 bits per heavy atom. The summed E-state index contributed by atoms with van der Waals surface area (Å²) in [5, 5.41) is 7.35. The van der Waals surface area contributed by atoms with Gasteiger partial charge in [0.1, 0.15) is 0 Å². The zero-order chi connectivity index (χ0) is 13.5. The molecule has 0 fully saturated rings. The van der Waals surface area contributed by atoms with Crippen LogP contribution in [0.25, 0.3) is 0 Å². The molecule has 0 aromatic heterocycles. The fourth-order valence-corrected chi connectivity index (χ4v) is 1.48. The average molecular weight is 269 g/mol. The van der Waals surface area contributed by atoms with Crippen LogP contribution in [0.5, 0.6) is 0 Å². The van der Waals surface area contributed by atoms with Crippen LogP contribution >= 0.6 is 11.6 Å². The van der Waals surface area contributed by atoms with Crippen LogP contribution in [0, 0.1) is 0 Å². The predicted molar refractivity (Wildman–Crippen MR) is 70.8 cm³/mol. The Kier molecular flexibility index (Phi) is 5.13. The van der Waals surface area contributed by atoms with Gasteiger partial charge in [0.2, 0.25) is 5.96 Å². The molecule has 0 heterocycles. The van der Waals surface area contributed by atoms with Crippen LogP contribution in [0.1, 0.15) is 22.8 Å². The highest BCUT2D eigenvalue weighted by atomic mass is 35.5. The molecule has 96 valence electrons. The second kappa shape index (κ2) is 6.61. The molecule has 7 heteroatoms. The molecule has 0 atom stereocenters. The monoisotopic (exact) mass is 268 g/mol. The van der Waals surface area contributed by atoms with Gasteiger partial charge < -0.3 is 16.2 Å². The molecule has 1 aromatic carbocycles. The van der Waals surface area contributed by atoms with Crippen molar-refractivity contribution in [2.24, 2.45) is 21.7 Å². The fourth-order valence-electron chi connectivity index (χ4n) is 1.22. The maximum Gasteiger partial charge on any atom is 0.340 e. The van der Waals surface area contributed by atoms with Crippen molar-refractivity contribution in [3.05, 3.63) is 34.3 Å². The van der Waals surface area contributed by atoms with Crippen LogP contribution in [-0.4, -0.2) is 24.8 Å². The second-order valence-electron chi connectivity index (χ2n) is 3.19. The van der Waals surface area contributed by atoms with Crippen molar-refractivity contribution in [3.8, 4) is 0 Å². The Balaban J connectivity index is 3.12. The molecule has 0 aliphatic carbocycles. The van der Waals surface area contributed by atoms with Gasteiger partial charge in [-0.05, 0) is 13.0 Å². The van der Waals surface area contributed by atoms with Crippen LogP contribution < -0.4 is 11.5 Å². The van der Waals surface area contributed by atoms with Crippen LogP contribution in [0.15, 0.2) is 28.4 Å². The van der Waals surface area contributed by atoms with Gasteiger partial charge in [-0.2, -0.15) is 5.10 Å². The normalized spacial score (nSPS) is 10.3. The van der Waals surface area contributed by atoms with Gasteiger partial charge in [0, 0.05) is 5.56 Å². The molecule has 6 nitrogen and oxygen atoms in total. The van der Waals surface area contributed by atoms with Gasteiger partial charge in [-0.3, -0.25) is 0 Å². The predicted octanol–water partition coefficient (Wildman–Crippen LogP) is 1.12. The summed E-state index contributed by atoms with van der Waals surface area (Å²) >= 11 is 5.95. The third-order valence-corrected chi connectivity index (χ3v) is 2.21. The van der Waals surface area contributed by atoms with Crippen molar-refractivity contribution in [1.82, 2.24) is 0 Å². The van der Waals surface area contributed by atoms with Crippen LogP contribution in [0.3, 0.4) is 0 Å². The zero-order valence-electron chi connectivity index (χ0n) is 9.76. The molecule has 4 N–H and O–H groups in total. The minimum absolute atomic E-state index is 0.175. The van der Waals surface area contributed by atoms with Crippen LogP contribution in [0.2, 0.25) is 5.02 Å². The summed E-state index contributed by atoms with van der Waals surface area (Å²) in [5.74, 6) is -0.694. The SMILES string of the molecule is CCOC(=O)c1c(Cl)cccc1C=NN=C(N)N. The molecule has 0 saturated carbocycles. The quantitative estimate of drug-likeness (QED) is 0.370. The summed E-state index contributed by atoms with van der Waals surface area (Å²) < 4.78 is 4.91. The Bertz CT molecular complexity index is 496. The van der Waals surface area contributed by atoms with E-state index >= 15 is 0 Å². The lowest BCUT2D eigenvalue weighted by molar-refractivity contribution is 0.0526. The minimum Gasteiger partial charge on any atom is -0.462 e. The molecule has 0 spiro atoms. The van der Waals surface area contributed by atoms with Crippen LogP contribution in [0.4, 0.5) is 0 Å². The summed E-state index contributed by atoms with van der Waals surface area (Å²) in [6, 6.07) is 4.93. The molecule has 0 amide bonds. The van der Waals surface area contributed by atoms with Gasteiger partial charge >= 0.3 is 5.97 Å². The van der Waals surface area contributed by atoms with Gasteiger partial charge in [0.05, 0.1) is 23.4 Å². The fraction of sp³-hybridized carbons (Fsp3) is 0.182. The third-order valence-electron chi connectivity index (χ3n) is 1.90.